The van der Waals surface area contributed by atoms with Crippen molar-refractivity contribution in [3.05, 3.63) is 35.9 Å². The van der Waals surface area contributed by atoms with Crippen molar-refractivity contribution >= 4 is 5.91 Å². The number of benzene rings is 1. The number of carbonyl (C=O) groups is 1. The highest BCUT2D eigenvalue weighted by Gasteiger charge is 2.43. The molecular weight excluding hydrogens is 879 g/mol. The van der Waals surface area contributed by atoms with Crippen LogP contribution in [0.1, 0.15) is 250 Å². The average molecular weight is 1020 g/mol. The molecule has 3 aliphatic rings. The lowest BCUT2D eigenvalue weighted by atomic mass is 9.96. The average Bonchev–Trinajstić information content (AvgIpc) is 4.07. The van der Waals surface area contributed by atoms with Crippen LogP contribution in [0.2, 0.25) is 0 Å². The largest absolute Gasteiger partial charge is 0.343 e. The minimum absolute atomic E-state index is 0. The number of piperidine rings is 1. The molecule has 1 aromatic carbocycles. The SMILES string of the molecule is C.CC.CC(C)C.CC(C)CC(=O)N(C)C1CCN(C)CC1.CC(C)CC1(C#N)CC1.CC(C)CN1CCN(C)CC1.CC(C)Cc1ccccc1.CCC(C)C.CCC(C)C.CCC(C)C.CCC(C)C. The third kappa shape index (κ3) is 68.1. The lowest BCUT2D eigenvalue weighted by Crippen LogP contribution is -2.45. The van der Waals surface area contributed by atoms with Crippen LogP contribution < -0.4 is 0 Å². The Bertz CT molecular complexity index is 1190. The maximum absolute atomic E-state index is 11.8. The summed E-state index contributed by atoms with van der Waals surface area (Å²) in [6, 6.07) is 13.5. The monoisotopic (exact) mass is 1020 g/mol. The van der Waals surface area contributed by atoms with Crippen LogP contribution in [0.5, 0.6) is 0 Å². The van der Waals surface area contributed by atoms with Crippen LogP contribution in [0.3, 0.4) is 0 Å². The standard InChI is InChI=1S/C12H24N2O.C10H14.C9H20N2.C8H13N.4C5H12.C4H10.C2H6.CH4/c1-10(2)9-12(15)14(4)11-5-7-13(3)8-6-11;1-9(2)8-10-6-4-3-5-7-10;1-9(2)8-11-6-4-10(3)5-7-11;1-7(2)5-8(6-9)3-4-8;4*1-4-5(2)3;1-4(2)3;1-2;/h10-11H,5-9H2,1-4H3;3-7,9H,8H2,1-2H3;9H,4-8H2,1-3H3;7H,3-5H2,1-2H3;4*5H,4H2,1-3H3;4H,1-3H3;1-2H3;1H4. The van der Waals surface area contributed by atoms with Gasteiger partial charge in [-0.05, 0) is 125 Å². The molecule has 2 heterocycles. The maximum atomic E-state index is 11.8. The van der Waals surface area contributed by atoms with Crippen LogP contribution >= 0.6 is 0 Å². The summed E-state index contributed by atoms with van der Waals surface area (Å²) in [7, 11) is 6.31. The van der Waals surface area contributed by atoms with Crippen LogP contribution in [0.4, 0.5) is 0 Å². The van der Waals surface area contributed by atoms with E-state index in [1.807, 2.05) is 25.8 Å². The molecule has 0 spiro atoms. The van der Waals surface area contributed by atoms with E-state index < -0.39 is 0 Å². The van der Waals surface area contributed by atoms with Crippen molar-refractivity contribution in [1.82, 2.24) is 19.6 Å². The van der Waals surface area contributed by atoms with E-state index in [9.17, 15) is 4.79 Å². The fraction of sp³-hybridized carbons (Fsp3) is 0.879. The number of rotatable bonds is 13. The summed E-state index contributed by atoms with van der Waals surface area (Å²) >= 11 is 0. The third-order valence-corrected chi connectivity index (χ3v) is 12.1. The summed E-state index contributed by atoms with van der Waals surface area (Å²) in [5.41, 5.74) is 1.56. The van der Waals surface area contributed by atoms with Crippen molar-refractivity contribution in [2.24, 2.45) is 58.7 Å². The van der Waals surface area contributed by atoms with E-state index in [-0.39, 0.29) is 12.8 Å². The molecule has 0 atom stereocenters. The second kappa shape index (κ2) is 55.3. The van der Waals surface area contributed by atoms with Crippen LogP contribution in [0.15, 0.2) is 30.3 Å². The van der Waals surface area contributed by atoms with Gasteiger partial charge >= 0.3 is 0 Å². The van der Waals surface area contributed by atoms with E-state index in [0.29, 0.717) is 30.2 Å². The molecule has 1 saturated carbocycles. The minimum atomic E-state index is 0. The van der Waals surface area contributed by atoms with Gasteiger partial charge in [-0.1, -0.05) is 237 Å². The van der Waals surface area contributed by atoms with Gasteiger partial charge in [0, 0.05) is 52.2 Å². The number of likely N-dealkylation sites (N-methyl/N-ethyl adjacent to an activating group) is 1. The zero-order valence-corrected chi connectivity index (χ0v) is 54.0. The maximum Gasteiger partial charge on any atom is 0.222 e. The Morgan fingerprint density at radius 3 is 1.18 bits per heavy atom. The molecule has 2 aliphatic heterocycles. The van der Waals surface area contributed by atoms with Crippen molar-refractivity contribution in [1.29, 1.82) is 5.26 Å². The van der Waals surface area contributed by atoms with Crippen LogP contribution in [-0.2, 0) is 11.2 Å². The van der Waals surface area contributed by atoms with Crippen LogP contribution in [-0.4, -0.2) is 98.5 Å². The Kier molecular flexibility index (Phi) is 64.5. The predicted molar refractivity (Wildman–Crippen MR) is 332 cm³/mol. The van der Waals surface area contributed by atoms with Gasteiger partial charge in [0.2, 0.25) is 5.91 Å². The van der Waals surface area contributed by atoms with Crippen molar-refractivity contribution in [3.8, 4) is 6.07 Å². The van der Waals surface area contributed by atoms with Gasteiger partial charge in [-0.25, -0.2) is 0 Å². The Morgan fingerprint density at radius 2 is 0.931 bits per heavy atom. The molecule has 0 unspecified atom stereocenters. The lowest BCUT2D eigenvalue weighted by Gasteiger charge is -2.35. The van der Waals surface area contributed by atoms with E-state index >= 15 is 0 Å². The van der Waals surface area contributed by atoms with Crippen molar-refractivity contribution in [2.75, 3.05) is 67.0 Å². The van der Waals surface area contributed by atoms with Gasteiger partial charge in [0.05, 0.1) is 11.5 Å². The number of nitriles is 1. The number of nitrogens with zero attached hydrogens (tertiary/aromatic N) is 5. The van der Waals surface area contributed by atoms with Crippen molar-refractivity contribution in [2.45, 2.75) is 257 Å². The molecule has 3 fully saturated rings. The van der Waals surface area contributed by atoms with Gasteiger partial charge in [-0.3, -0.25) is 4.79 Å². The van der Waals surface area contributed by atoms with E-state index in [1.165, 1.54) is 70.4 Å². The number of carbonyl (C=O) groups excluding carboxylic acids is 1. The molecule has 2 saturated heterocycles. The van der Waals surface area contributed by atoms with Gasteiger partial charge in [0.25, 0.3) is 0 Å². The second-order valence-corrected chi connectivity index (χ2v) is 24.6. The molecule has 0 bridgehead atoms. The summed E-state index contributed by atoms with van der Waals surface area (Å²) < 4.78 is 0. The molecule has 4 rings (SSSR count). The van der Waals surface area contributed by atoms with Crippen molar-refractivity contribution in [3.63, 3.8) is 0 Å². The molecule has 72 heavy (non-hydrogen) atoms. The predicted octanol–water partition coefficient (Wildman–Crippen LogP) is 19.2. The highest BCUT2D eigenvalue weighted by molar-refractivity contribution is 5.76. The van der Waals surface area contributed by atoms with Gasteiger partial charge in [-0.15, -0.1) is 0 Å². The fourth-order valence-electron chi connectivity index (χ4n) is 6.01. The first-order valence-electron chi connectivity index (χ1n) is 29.8. The highest BCUT2D eigenvalue weighted by atomic mass is 16.2. The van der Waals surface area contributed by atoms with E-state index in [0.717, 1.165) is 86.6 Å². The number of amides is 1. The van der Waals surface area contributed by atoms with E-state index in [4.69, 9.17) is 5.26 Å². The zero-order valence-electron chi connectivity index (χ0n) is 54.0. The normalized spacial score (nSPS) is 14.9. The first-order chi connectivity index (χ1) is 33.0. The first-order valence-corrected chi connectivity index (χ1v) is 29.8. The lowest BCUT2D eigenvalue weighted by molar-refractivity contribution is -0.133. The molecule has 0 N–H and O–H groups in total. The third-order valence-electron chi connectivity index (χ3n) is 12.1. The molecule has 0 aromatic heterocycles. The quantitative estimate of drug-likeness (QED) is 0.197. The summed E-state index contributed by atoms with van der Waals surface area (Å²) in [5.74, 6) is 7.41. The Morgan fingerprint density at radius 1 is 0.583 bits per heavy atom. The summed E-state index contributed by atoms with van der Waals surface area (Å²) in [4.78, 5) is 21.1. The first kappa shape index (κ1) is 84.0. The Hall–Kier alpha value is -1.94. The molecule has 6 nitrogen and oxygen atoms in total. The highest BCUT2D eigenvalue weighted by Crippen LogP contribution is 2.49. The van der Waals surface area contributed by atoms with Crippen molar-refractivity contribution < 1.29 is 4.79 Å². The zero-order chi connectivity index (χ0) is 56.7. The van der Waals surface area contributed by atoms with E-state index in [1.54, 1.807) is 0 Å². The molecule has 434 valence electrons. The Labute approximate surface area is 458 Å². The molecule has 0 radical (unpaired) electrons. The number of hydrogen-bond donors (Lipinski definition) is 0. The minimum Gasteiger partial charge on any atom is -0.343 e. The van der Waals surface area contributed by atoms with Gasteiger partial charge < -0.3 is 19.6 Å². The number of piperazine rings is 1. The molecule has 6 heteroatoms. The molecule has 1 aliphatic carbocycles. The fourth-order valence-corrected chi connectivity index (χ4v) is 6.01. The van der Waals surface area contributed by atoms with Gasteiger partial charge in [0.15, 0.2) is 0 Å². The molecule has 1 aromatic rings. The topological polar surface area (TPSA) is 53.8 Å². The summed E-state index contributed by atoms with van der Waals surface area (Å²) in [6.45, 7) is 63.2. The molecule has 1 amide bonds. The van der Waals surface area contributed by atoms with Crippen LogP contribution in [0.25, 0.3) is 0 Å². The summed E-state index contributed by atoms with van der Waals surface area (Å²) in [5, 5.41) is 8.66. The number of likely N-dealkylation sites (tertiary alicyclic amines) is 1. The second-order valence-electron chi connectivity index (χ2n) is 24.6. The van der Waals surface area contributed by atoms with Crippen LogP contribution in [0, 0.1) is 70.0 Å². The van der Waals surface area contributed by atoms with E-state index in [2.05, 4.69) is 224 Å². The number of hydrogen-bond acceptors (Lipinski definition) is 5. The van der Waals surface area contributed by atoms with Gasteiger partial charge in [-0.2, -0.15) is 5.26 Å². The Balaban J connectivity index is -0.000000136. The molecular formula is C66H139N5O. The van der Waals surface area contributed by atoms with Gasteiger partial charge in [0.1, 0.15) is 0 Å². The smallest absolute Gasteiger partial charge is 0.222 e. The summed E-state index contributed by atoms with van der Waals surface area (Å²) in [6.07, 6.45) is 12.7.